The fraction of sp³-hybridized carbons (Fsp3) is 0.412. The number of amides is 2. The normalized spacial score (nSPS) is 16.9. The summed E-state index contributed by atoms with van der Waals surface area (Å²) >= 11 is 0. The third-order valence-corrected chi connectivity index (χ3v) is 4.65. The largest absolute Gasteiger partial charge is 0.324 e. The first-order chi connectivity index (χ1) is 11.8. The van der Waals surface area contributed by atoms with Gasteiger partial charge in [-0.05, 0) is 37.5 Å². The van der Waals surface area contributed by atoms with Crippen LogP contribution in [0.5, 0.6) is 0 Å². The molecule has 0 radical (unpaired) electrons. The molecule has 1 aliphatic heterocycles. The van der Waals surface area contributed by atoms with Gasteiger partial charge in [-0.25, -0.2) is 4.79 Å². The summed E-state index contributed by atoms with van der Waals surface area (Å²) in [6.45, 7) is 4.79. The summed E-state index contributed by atoms with van der Waals surface area (Å²) in [5.41, 5.74) is 3.00. The maximum Gasteiger partial charge on any atom is 0.321 e. The van der Waals surface area contributed by atoms with Gasteiger partial charge in [-0.1, -0.05) is 0 Å². The number of hydrogen-bond donors (Lipinski definition) is 1. The lowest BCUT2D eigenvalue weighted by atomic mass is 10.0. The predicted octanol–water partition coefficient (Wildman–Crippen LogP) is 2.97. The monoisotopic (exact) mass is 343 g/mol. The molecule has 25 heavy (non-hydrogen) atoms. The van der Waals surface area contributed by atoms with E-state index in [1.54, 1.807) is 22.6 Å². The van der Waals surface area contributed by atoms with Crippen LogP contribution < -0.4 is 5.32 Å². The van der Waals surface area contributed by atoms with Crippen LogP contribution in [0.4, 0.5) is 16.2 Å². The van der Waals surface area contributed by atoms with Gasteiger partial charge in [-0.2, -0.15) is 5.10 Å². The van der Waals surface area contributed by atoms with E-state index in [1.165, 1.54) is 6.07 Å². The van der Waals surface area contributed by atoms with E-state index in [1.807, 2.05) is 26.4 Å². The van der Waals surface area contributed by atoms with E-state index in [4.69, 9.17) is 0 Å². The highest BCUT2D eigenvalue weighted by Gasteiger charge is 2.28. The summed E-state index contributed by atoms with van der Waals surface area (Å²) in [7, 11) is 1.87. The zero-order chi connectivity index (χ0) is 18.1. The number of nitrogens with one attached hydrogen (secondary N) is 1. The third-order valence-electron chi connectivity index (χ3n) is 4.65. The maximum atomic E-state index is 12.5. The van der Waals surface area contributed by atoms with Gasteiger partial charge in [-0.15, -0.1) is 0 Å². The van der Waals surface area contributed by atoms with Crippen molar-refractivity contribution in [2.24, 2.45) is 7.05 Å². The second-order valence-corrected chi connectivity index (χ2v) is 6.52. The van der Waals surface area contributed by atoms with E-state index in [2.05, 4.69) is 10.4 Å². The summed E-state index contributed by atoms with van der Waals surface area (Å²) in [6.07, 6.45) is 4.69. The molecule has 2 amide bonds. The number of aryl methyl sites for hydroxylation is 3. The van der Waals surface area contributed by atoms with Crippen molar-refractivity contribution >= 4 is 17.4 Å². The smallest absolute Gasteiger partial charge is 0.321 e. The number of likely N-dealkylation sites (tertiary alicyclic amines) is 1. The van der Waals surface area contributed by atoms with Crippen LogP contribution in [0.2, 0.25) is 0 Å². The highest BCUT2D eigenvalue weighted by Crippen LogP contribution is 2.29. The molecule has 1 aromatic heterocycles. The van der Waals surface area contributed by atoms with Crippen LogP contribution in [0, 0.1) is 24.0 Å². The van der Waals surface area contributed by atoms with Gasteiger partial charge in [0.1, 0.15) is 0 Å². The SMILES string of the molecule is Cc1cc(C)c([N+](=O)[O-])cc1NC(=O)N1CC[C@H](c2cnn(C)c2)C1. The lowest BCUT2D eigenvalue weighted by Gasteiger charge is -2.18. The van der Waals surface area contributed by atoms with Crippen LogP contribution >= 0.6 is 0 Å². The van der Waals surface area contributed by atoms with Gasteiger partial charge in [0.25, 0.3) is 5.69 Å². The van der Waals surface area contributed by atoms with Gasteiger partial charge in [-0.3, -0.25) is 14.8 Å². The molecule has 1 saturated heterocycles. The van der Waals surface area contributed by atoms with Crippen molar-refractivity contribution in [3.8, 4) is 0 Å². The van der Waals surface area contributed by atoms with Crippen molar-refractivity contribution in [1.29, 1.82) is 0 Å². The standard InChI is InChI=1S/C17H21N5O3/c1-11-6-12(2)16(22(24)25)7-15(11)19-17(23)21-5-4-13(10-21)14-8-18-20(3)9-14/h6-9,13H,4-5,10H2,1-3H3,(H,19,23)/t13-/m0/s1. The first-order valence-corrected chi connectivity index (χ1v) is 8.15. The molecule has 0 aliphatic carbocycles. The molecule has 0 spiro atoms. The first kappa shape index (κ1) is 16.9. The third kappa shape index (κ3) is 3.47. The summed E-state index contributed by atoms with van der Waals surface area (Å²) < 4.78 is 1.76. The Hall–Kier alpha value is -2.90. The Bertz CT molecular complexity index is 830. The Balaban J connectivity index is 1.71. The van der Waals surface area contributed by atoms with Gasteiger partial charge in [0.05, 0.1) is 16.8 Å². The first-order valence-electron chi connectivity index (χ1n) is 8.15. The number of carbonyl (C=O) groups excluding carboxylic acids is 1. The summed E-state index contributed by atoms with van der Waals surface area (Å²) in [4.78, 5) is 24.9. The molecule has 1 N–H and O–H groups in total. The molecular formula is C17H21N5O3. The quantitative estimate of drug-likeness (QED) is 0.685. The van der Waals surface area contributed by atoms with Crippen LogP contribution in [-0.2, 0) is 7.05 Å². The molecular weight excluding hydrogens is 322 g/mol. The van der Waals surface area contributed by atoms with Crippen molar-refractivity contribution in [3.05, 3.63) is 51.3 Å². The molecule has 0 saturated carbocycles. The van der Waals surface area contributed by atoms with E-state index in [-0.39, 0.29) is 17.6 Å². The summed E-state index contributed by atoms with van der Waals surface area (Å²) in [5, 5.41) is 18.1. The number of anilines is 1. The molecule has 3 rings (SSSR count). The summed E-state index contributed by atoms with van der Waals surface area (Å²) in [5.74, 6) is 0.271. The van der Waals surface area contributed by atoms with Gasteiger partial charge in [0, 0.05) is 43.9 Å². The number of hydrogen-bond acceptors (Lipinski definition) is 4. The fourth-order valence-corrected chi connectivity index (χ4v) is 3.23. The highest BCUT2D eigenvalue weighted by molar-refractivity contribution is 5.91. The van der Waals surface area contributed by atoms with Crippen LogP contribution in [0.15, 0.2) is 24.5 Å². The lowest BCUT2D eigenvalue weighted by molar-refractivity contribution is -0.385. The Morgan fingerprint density at radius 3 is 2.76 bits per heavy atom. The molecule has 2 heterocycles. The number of carbonyl (C=O) groups is 1. The van der Waals surface area contributed by atoms with Gasteiger partial charge >= 0.3 is 6.03 Å². The molecule has 0 bridgehead atoms. The fourth-order valence-electron chi connectivity index (χ4n) is 3.23. The Morgan fingerprint density at radius 1 is 1.36 bits per heavy atom. The Labute approximate surface area is 145 Å². The van der Waals surface area contributed by atoms with Crippen molar-refractivity contribution in [3.63, 3.8) is 0 Å². The van der Waals surface area contributed by atoms with Crippen LogP contribution in [0.3, 0.4) is 0 Å². The minimum Gasteiger partial charge on any atom is -0.324 e. The second kappa shape index (κ2) is 6.54. The second-order valence-electron chi connectivity index (χ2n) is 6.52. The van der Waals surface area contributed by atoms with Crippen LogP contribution in [-0.4, -0.2) is 38.7 Å². The number of urea groups is 1. The number of nitrogens with zero attached hydrogens (tertiary/aromatic N) is 4. The number of nitro benzene ring substituents is 1. The van der Waals surface area contributed by atoms with E-state index in [9.17, 15) is 14.9 Å². The van der Waals surface area contributed by atoms with E-state index >= 15 is 0 Å². The number of aromatic nitrogens is 2. The molecule has 8 heteroatoms. The zero-order valence-electron chi connectivity index (χ0n) is 14.5. The molecule has 1 aromatic carbocycles. The molecule has 2 aromatic rings. The van der Waals surface area contributed by atoms with Crippen LogP contribution in [0.1, 0.15) is 29.0 Å². The number of rotatable bonds is 3. The molecule has 1 aliphatic rings. The number of nitro groups is 1. The lowest BCUT2D eigenvalue weighted by Crippen LogP contribution is -2.33. The van der Waals surface area contributed by atoms with Gasteiger partial charge in [0.2, 0.25) is 0 Å². The maximum absolute atomic E-state index is 12.5. The van der Waals surface area contributed by atoms with E-state index in [0.717, 1.165) is 17.5 Å². The molecule has 8 nitrogen and oxygen atoms in total. The topological polar surface area (TPSA) is 93.3 Å². The Kier molecular flexibility index (Phi) is 4.43. The van der Waals surface area contributed by atoms with Crippen molar-refractivity contribution in [2.75, 3.05) is 18.4 Å². The number of benzene rings is 1. The molecule has 1 fully saturated rings. The van der Waals surface area contributed by atoms with Gasteiger partial charge < -0.3 is 10.2 Å². The minimum absolute atomic E-state index is 0.00978. The van der Waals surface area contributed by atoms with E-state index in [0.29, 0.717) is 24.3 Å². The van der Waals surface area contributed by atoms with Crippen molar-refractivity contribution in [2.45, 2.75) is 26.2 Å². The average Bonchev–Trinajstić information content (AvgIpc) is 3.18. The minimum atomic E-state index is -0.432. The van der Waals surface area contributed by atoms with Gasteiger partial charge in [0.15, 0.2) is 0 Å². The average molecular weight is 343 g/mol. The molecule has 1 atom stereocenters. The van der Waals surface area contributed by atoms with Crippen LogP contribution in [0.25, 0.3) is 0 Å². The van der Waals surface area contributed by atoms with Crippen molar-refractivity contribution < 1.29 is 9.72 Å². The van der Waals surface area contributed by atoms with Crippen molar-refractivity contribution in [1.82, 2.24) is 14.7 Å². The van der Waals surface area contributed by atoms with E-state index < -0.39 is 4.92 Å². The zero-order valence-corrected chi connectivity index (χ0v) is 14.5. The predicted molar refractivity (Wildman–Crippen MR) is 93.7 cm³/mol. The summed E-state index contributed by atoms with van der Waals surface area (Å²) in [6, 6.07) is 2.92. The Morgan fingerprint density at radius 2 is 2.12 bits per heavy atom. The molecule has 0 unspecified atom stereocenters. The molecule has 132 valence electrons. The highest BCUT2D eigenvalue weighted by atomic mass is 16.6.